The third kappa shape index (κ3) is 1.77. The third-order valence-electron chi connectivity index (χ3n) is 2.34. The molecule has 0 saturated heterocycles. The molecule has 0 spiro atoms. The topological polar surface area (TPSA) is 49.3 Å². The molecular weight excluding hydrogens is 154 g/mol. The molecule has 66 valence electrons. The minimum Gasteiger partial charge on any atom is -0.394 e. The van der Waals surface area contributed by atoms with Crippen LogP contribution in [-0.4, -0.2) is 23.2 Å². The Hall–Kier alpha value is -1.01. The molecule has 1 amide bonds. The molecule has 1 fully saturated rings. The summed E-state index contributed by atoms with van der Waals surface area (Å²) in [6.07, 6.45) is 7.03. The third-order valence-corrected chi connectivity index (χ3v) is 2.34. The monoisotopic (exact) mass is 167 g/mol. The predicted octanol–water partition coefficient (Wildman–Crippen LogP) is -0.103. The van der Waals surface area contributed by atoms with Crippen LogP contribution in [0.5, 0.6) is 0 Å². The van der Waals surface area contributed by atoms with Crippen molar-refractivity contribution in [2.45, 2.75) is 25.3 Å². The quantitative estimate of drug-likeness (QED) is 0.576. The van der Waals surface area contributed by atoms with E-state index in [1.807, 2.05) is 12.8 Å². The molecule has 0 aromatic carbocycles. The molecule has 0 heterocycles. The molecule has 1 atom stereocenters. The Labute approximate surface area is 72.2 Å². The van der Waals surface area contributed by atoms with Gasteiger partial charge in [0.15, 0.2) is 0 Å². The van der Waals surface area contributed by atoms with Crippen molar-refractivity contribution >= 4 is 5.91 Å². The fraction of sp³-hybridized carbons (Fsp3) is 0.667. The predicted molar refractivity (Wildman–Crippen MR) is 45.2 cm³/mol. The zero-order valence-corrected chi connectivity index (χ0v) is 7.13. The number of hydrogen-bond donors (Lipinski definition) is 2. The summed E-state index contributed by atoms with van der Waals surface area (Å²) < 4.78 is 0. The molecule has 2 N–H and O–H groups in total. The highest BCUT2D eigenvalue weighted by Crippen LogP contribution is 2.39. The lowest BCUT2D eigenvalue weighted by Gasteiger charge is -2.27. The van der Waals surface area contributed by atoms with E-state index in [4.69, 9.17) is 11.5 Å². The molecular formula is C9H13NO2. The first-order chi connectivity index (χ1) is 5.62. The summed E-state index contributed by atoms with van der Waals surface area (Å²) in [5.41, 5.74) is -0.510. The zero-order valence-electron chi connectivity index (χ0n) is 7.13. The minimum absolute atomic E-state index is 0.0505. The van der Waals surface area contributed by atoms with Gasteiger partial charge >= 0.3 is 0 Å². The van der Waals surface area contributed by atoms with E-state index in [0.29, 0.717) is 5.92 Å². The van der Waals surface area contributed by atoms with Crippen LogP contribution in [-0.2, 0) is 4.79 Å². The smallest absolute Gasteiger partial charge is 0.296 e. The Balaban J connectivity index is 2.55. The summed E-state index contributed by atoms with van der Waals surface area (Å²) in [6.45, 7) is 1.77. The molecule has 1 aliphatic rings. The van der Waals surface area contributed by atoms with Crippen molar-refractivity contribution < 1.29 is 9.90 Å². The molecule has 0 aliphatic heterocycles. The number of terminal acetylenes is 1. The van der Waals surface area contributed by atoms with E-state index >= 15 is 0 Å². The van der Waals surface area contributed by atoms with Crippen molar-refractivity contribution in [2.75, 3.05) is 6.61 Å². The van der Waals surface area contributed by atoms with Crippen LogP contribution in [0.1, 0.15) is 19.8 Å². The van der Waals surface area contributed by atoms with Crippen molar-refractivity contribution in [1.82, 2.24) is 5.32 Å². The number of carbonyl (C=O) groups is 1. The van der Waals surface area contributed by atoms with Crippen LogP contribution in [0.4, 0.5) is 0 Å². The largest absolute Gasteiger partial charge is 0.394 e. The molecule has 1 rings (SSSR count). The highest BCUT2D eigenvalue weighted by molar-refractivity contribution is 5.93. The number of hydrogen-bond acceptors (Lipinski definition) is 2. The van der Waals surface area contributed by atoms with Gasteiger partial charge in [-0.1, -0.05) is 0 Å². The summed E-state index contributed by atoms with van der Waals surface area (Å²) in [6, 6.07) is 0. The van der Waals surface area contributed by atoms with Gasteiger partial charge in [-0.15, -0.1) is 6.42 Å². The summed E-state index contributed by atoms with van der Waals surface area (Å²) in [5, 5.41) is 11.7. The number of aliphatic hydroxyl groups excluding tert-OH is 1. The van der Waals surface area contributed by atoms with Crippen LogP contribution in [0.3, 0.4) is 0 Å². The maximum Gasteiger partial charge on any atom is 0.296 e. The Morgan fingerprint density at radius 1 is 1.83 bits per heavy atom. The SMILES string of the molecule is C#CC(=O)NC(C)(CO)C1CC1. The van der Waals surface area contributed by atoms with Crippen LogP contribution in [0, 0.1) is 18.3 Å². The van der Waals surface area contributed by atoms with Gasteiger partial charge in [-0.25, -0.2) is 0 Å². The average molecular weight is 167 g/mol. The maximum atomic E-state index is 10.9. The van der Waals surface area contributed by atoms with Crippen LogP contribution in [0.2, 0.25) is 0 Å². The molecule has 1 unspecified atom stereocenters. The van der Waals surface area contributed by atoms with Crippen LogP contribution >= 0.6 is 0 Å². The Morgan fingerprint density at radius 2 is 2.42 bits per heavy atom. The molecule has 0 aromatic heterocycles. The summed E-state index contributed by atoms with van der Waals surface area (Å²) >= 11 is 0. The number of nitrogens with one attached hydrogen (secondary N) is 1. The average Bonchev–Trinajstić information content (AvgIpc) is 2.86. The van der Waals surface area contributed by atoms with Crippen molar-refractivity contribution in [3.63, 3.8) is 0 Å². The molecule has 12 heavy (non-hydrogen) atoms. The van der Waals surface area contributed by atoms with Gasteiger partial charge in [-0.05, 0) is 31.6 Å². The summed E-state index contributed by atoms with van der Waals surface area (Å²) in [4.78, 5) is 10.9. The fourth-order valence-electron chi connectivity index (χ4n) is 1.29. The first-order valence-electron chi connectivity index (χ1n) is 4.02. The highest BCUT2D eigenvalue weighted by Gasteiger charge is 2.41. The van der Waals surface area contributed by atoms with Gasteiger partial charge < -0.3 is 10.4 Å². The number of rotatable bonds is 3. The van der Waals surface area contributed by atoms with Crippen LogP contribution < -0.4 is 5.32 Å². The minimum atomic E-state index is -0.510. The fourth-order valence-corrected chi connectivity index (χ4v) is 1.29. The van der Waals surface area contributed by atoms with E-state index in [9.17, 15) is 4.79 Å². The second-order valence-electron chi connectivity index (χ2n) is 3.45. The Kier molecular flexibility index (Phi) is 2.39. The first-order valence-corrected chi connectivity index (χ1v) is 4.02. The summed E-state index contributed by atoms with van der Waals surface area (Å²) in [7, 11) is 0. The Morgan fingerprint density at radius 3 is 2.75 bits per heavy atom. The van der Waals surface area contributed by atoms with E-state index in [0.717, 1.165) is 12.8 Å². The first kappa shape index (κ1) is 9.08. The van der Waals surface area contributed by atoms with E-state index in [2.05, 4.69) is 5.32 Å². The molecule has 1 saturated carbocycles. The van der Waals surface area contributed by atoms with Crippen molar-refractivity contribution in [3.8, 4) is 12.3 Å². The second-order valence-corrected chi connectivity index (χ2v) is 3.45. The normalized spacial score (nSPS) is 20.8. The molecule has 1 aliphatic carbocycles. The van der Waals surface area contributed by atoms with Gasteiger partial charge in [-0.3, -0.25) is 4.79 Å². The standard InChI is InChI=1S/C9H13NO2/c1-3-8(12)10-9(2,6-11)7-4-5-7/h1,7,11H,4-6H2,2H3,(H,10,12). The Bertz CT molecular complexity index is 227. The maximum absolute atomic E-state index is 10.9. The summed E-state index contributed by atoms with van der Waals surface area (Å²) in [5.74, 6) is 1.92. The second kappa shape index (κ2) is 3.16. The molecule has 0 aromatic rings. The zero-order chi connectivity index (χ0) is 9.19. The number of aliphatic hydroxyl groups is 1. The van der Waals surface area contributed by atoms with E-state index in [-0.39, 0.29) is 6.61 Å². The lowest BCUT2D eigenvalue weighted by atomic mass is 9.97. The van der Waals surface area contributed by atoms with Crippen molar-refractivity contribution in [2.24, 2.45) is 5.92 Å². The van der Waals surface area contributed by atoms with Crippen molar-refractivity contribution in [1.29, 1.82) is 0 Å². The lowest BCUT2D eigenvalue weighted by molar-refractivity contribution is -0.118. The van der Waals surface area contributed by atoms with E-state index in [1.54, 1.807) is 0 Å². The van der Waals surface area contributed by atoms with Gasteiger partial charge in [0.1, 0.15) is 0 Å². The van der Waals surface area contributed by atoms with Gasteiger partial charge in [0.05, 0.1) is 12.1 Å². The number of amides is 1. The van der Waals surface area contributed by atoms with Gasteiger partial charge in [0, 0.05) is 0 Å². The number of carbonyl (C=O) groups excluding carboxylic acids is 1. The van der Waals surface area contributed by atoms with Gasteiger partial charge in [-0.2, -0.15) is 0 Å². The van der Waals surface area contributed by atoms with Gasteiger partial charge in [0.2, 0.25) is 0 Å². The molecule has 0 radical (unpaired) electrons. The van der Waals surface area contributed by atoms with Crippen LogP contribution in [0.15, 0.2) is 0 Å². The van der Waals surface area contributed by atoms with Crippen molar-refractivity contribution in [3.05, 3.63) is 0 Å². The lowest BCUT2D eigenvalue weighted by Crippen LogP contribution is -2.50. The molecule has 3 heteroatoms. The van der Waals surface area contributed by atoms with Gasteiger partial charge in [0.25, 0.3) is 5.91 Å². The van der Waals surface area contributed by atoms with E-state index < -0.39 is 11.4 Å². The van der Waals surface area contributed by atoms with Crippen LogP contribution in [0.25, 0.3) is 0 Å². The van der Waals surface area contributed by atoms with E-state index in [1.165, 1.54) is 0 Å². The molecule has 0 bridgehead atoms. The molecule has 3 nitrogen and oxygen atoms in total. The highest BCUT2D eigenvalue weighted by atomic mass is 16.3.